The zero-order valence-electron chi connectivity index (χ0n) is 13.4. The first-order valence-corrected chi connectivity index (χ1v) is 7.84. The van der Waals surface area contributed by atoms with Gasteiger partial charge in [-0.15, -0.1) is 0 Å². The van der Waals surface area contributed by atoms with E-state index in [-0.39, 0.29) is 24.5 Å². The van der Waals surface area contributed by atoms with Crippen LogP contribution in [0, 0.1) is 5.92 Å². The second kappa shape index (κ2) is 7.34. The Hall–Kier alpha value is -1.56. The van der Waals surface area contributed by atoms with Crippen LogP contribution in [0.1, 0.15) is 37.8 Å². The number of hydrogen-bond donors (Lipinski definition) is 0. The van der Waals surface area contributed by atoms with Gasteiger partial charge in [0.25, 0.3) is 0 Å². The lowest BCUT2D eigenvalue weighted by Crippen LogP contribution is -2.44. The highest BCUT2D eigenvalue weighted by atomic mass is 19.4. The van der Waals surface area contributed by atoms with Crippen LogP contribution in [0.3, 0.4) is 0 Å². The van der Waals surface area contributed by atoms with Gasteiger partial charge >= 0.3 is 6.18 Å². The van der Waals surface area contributed by atoms with E-state index in [1.807, 2.05) is 18.7 Å². The number of benzene rings is 1. The van der Waals surface area contributed by atoms with Gasteiger partial charge in [-0.2, -0.15) is 13.2 Å². The Morgan fingerprint density at radius 3 is 2.52 bits per heavy atom. The molecule has 1 heterocycles. The molecule has 0 N–H and O–H groups in total. The molecule has 1 aliphatic heterocycles. The lowest BCUT2D eigenvalue weighted by molar-refractivity contribution is -0.139. The summed E-state index contributed by atoms with van der Waals surface area (Å²) in [7, 11) is 0. The molecule has 0 aromatic heterocycles. The number of amides is 1. The average Bonchev–Trinajstić information content (AvgIpc) is 2.52. The van der Waals surface area contributed by atoms with Gasteiger partial charge in [0, 0.05) is 19.0 Å². The molecule has 1 unspecified atom stereocenters. The Bertz CT molecular complexity index is 526. The Labute approximate surface area is 134 Å². The topological polar surface area (TPSA) is 29.5 Å². The Morgan fingerprint density at radius 1 is 1.30 bits per heavy atom. The van der Waals surface area contributed by atoms with Gasteiger partial charge < -0.3 is 9.64 Å². The lowest BCUT2D eigenvalue weighted by atomic mass is 10.1. The molecule has 1 aromatic carbocycles. The first-order chi connectivity index (χ1) is 10.8. The SMILES string of the molecule is CC(C)C(=O)N1CCCC(OCc2ccc(C(F)(F)F)cc2)C1. The Balaban J connectivity index is 1.87. The zero-order valence-corrected chi connectivity index (χ0v) is 13.4. The summed E-state index contributed by atoms with van der Waals surface area (Å²) in [5.41, 5.74) is 0.0398. The molecule has 0 spiro atoms. The fourth-order valence-electron chi connectivity index (χ4n) is 2.64. The Kier molecular flexibility index (Phi) is 5.68. The number of piperidine rings is 1. The van der Waals surface area contributed by atoms with Gasteiger partial charge in [-0.25, -0.2) is 0 Å². The molecule has 0 bridgehead atoms. The summed E-state index contributed by atoms with van der Waals surface area (Å²) >= 11 is 0. The molecular weight excluding hydrogens is 307 g/mol. The monoisotopic (exact) mass is 329 g/mol. The van der Waals surface area contributed by atoms with Crippen LogP contribution >= 0.6 is 0 Å². The van der Waals surface area contributed by atoms with E-state index in [0.717, 1.165) is 31.5 Å². The molecule has 1 atom stereocenters. The van der Waals surface area contributed by atoms with Gasteiger partial charge in [-0.1, -0.05) is 26.0 Å². The van der Waals surface area contributed by atoms with Gasteiger partial charge in [0.2, 0.25) is 5.91 Å². The van der Waals surface area contributed by atoms with Crippen LogP contribution in [0.5, 0.6) is 0 Å². The van der Waals surface area contributed by atoms with Crippen LogP contribution in [0.4, 0.5) is 13.2 Å². The van der Waals surface area contributed by atoms with Crippen molar-refractivity contribution in [2.75, 3.05) is 13.1 Å². The summed E-state index contributed by atoms with van der Waals surface area (Å²) in [6.07, 6.45) is -2.63. The fourth-order valence-corrected chi connectivity index (χ4v) is 2.64. The van der Waals surface area contributed by atoms with E-state index in [9.17, 15) is 18.0 Å². The second-order valence-corrected chi connectivity index (χ2v) is 6.21. The molecule has 0 saturated carbocycles. The van der Waals surface area contributed by atoms with Gasteiger partial charge in [0.05, 0.1) is 18.3 Å². The Morgan fingerprint density at radius 2 is 1.96 bits per heavy atom. The first kappa shape index (κ1) is 17.8. The third-order valence-corrected chi connectivity index (χ3v) is 3.95. The fraction of sp³-hybridized carbons (Fsp3) is 0.588. The molecule has 1 aliphatic rings. The standard InChI is InChI=1S/C17H22F3NO2/c1-12(2)16(22)21-9-3-4-15(10-21)23-11-13-5-7-14(8-6-13)17(18,19)20/h5-8,12,15H,3-4,9-11H2,1-2H3. The number of halogens is 3. The minimum atomic E-state index is -4.32. The smallest absolute Gasteiger partial charge is 0.372 e. The minimum Gasteiger partial charge on any atom is -0.372 e. The molecule has 128 valence electrons. The van der Waals surface area contributed by atoms with Crippen molar-refractivity contribution in [1.29, 1.82) is 0 Å². The molecule has 0 aliphatic carbocycles. The summed E-state index contributed by atoms with van der Waals surface area (Å²) in [6, 6.07) is 4.99. The quantitative estimate of drug-likeness (QED) is 0.839. The van der Waals surface area contributed by atoms with Crippen molar-refractivity contribution in [1.82, 2.24) is 4.90 Å². The van der Waals surface area contributed by atoms with Crippen LogP contribution in [-0.2, 0) is 22.3 Å². The maximum absolute atomic E-state index is 12.5. The number of rotatable bonds is 4. The van der Waals surface area contributed by atoms with E-state index in [1.54, 1.807) is 0 Å². The van der Waals surface area contributed by atoms with Crippen LogP contribution in [0.25, 0.3) is 0 Å². The van der Waals surface area contributed by atoms with Crippen molar-refractivity contribution in [3.8, 4) is 0 Å². The summed E-state index contributed by atoms with van der Waals surface area (Å²) < 4.78 is 43.3. The van der Waals surface area contributed by atoms with E-state index in [0.29, 0.717) is 12.1 Å². The summed E-state index contributed by atoms with van der Waals surface area (Å²) in [4.78, 5) is 13.8. The maximum Gasteiger partial charge on any atom is 0.416 e. The minimum absolute atomic E-state index is 0.0383. The van der Waals surface area contributed by atoms with Crippen molar-refractivity contribution in [3.05, 3.63) is 35.4 Å². The van der Waals surface area contributed by atoms with E-state index >= 15 is 0 Å². The highest BCUT2D eigenvalue weighted by Crippen LogP contribution is 2.29. The molecule has 6 heteroatoms. The van der Waals surface area contributed by atoms with Crippen molar-refractivity contribution < 1.29 is 22.7 Å². The number of alkyl halides is 3. The molecule has 3 nitrogen and oxygen atoms in total. The third-order valence-electron chi connectivity index (χ3n) is 3.95. The third kappa shape index (κ3) is 4.96. The van der Waals surface area contributed by atoms with Gasteiger partial charge in [-0.05, 0) is 30.5 Å². The molecule has 0 radical (unpaired) electrons. The van der Waals surface area contributed by atoms with Crippen LogP contribution < -0.4 is 0 Å². The van der Waals surface area contributed by atoms with Crippen molar-refractivity contribution in [2.24, 2.45) is 5.92 Å². The van der Waals surface area contributed by atoms with E-state index < -0.39 is 11.7 Å². The molecular formula is C17H22F3NO2. The molecule has 1 aromatic rings. The van der Waals surface area contributed by atoms with Gasteiger partial charge in [0.1, 0.15) is 0 Å². The molecule has 1 fully saturated rings. The van der Waals surface area contributed by atoms with Crippen LogP contribution in [-0.4, -0.2) is 30.0 Å². The number of hydrogen-bond acceptors (Lipinski definition) is 2. The van der Waals surface area contributed by atoms with Crippen LogP contribution in [0.2, 0.25) is 0 Å². The summed E-state index contributed by atoms with van der Waals surface area (Å²) in [6.45, 7) is 5.30. The predicted octanol–water partition coefficient (Wildman–Crippen LogP) is 3.87. The summed E-state index contributed by atoms with van der Waals surface area (Å²) in [5.74, 6) is 0.0801. The predicted molar refractivity (Wildman–Crippen MR) is 80.7 cm³/mol. The van der Waals surface area contributed by atoms with Crippen molar-refractivity contribution in [2.45, 2.75) is 45.6 Å². The first-order valence-electron chi connectivity index (χ1n) is 7.84. The maximum atomic E-state index is 12.5. The van der Waals surface area contributed by atoms with Crippen molar-refractivity contribution >= 4 is 5.91 Å². The molecule has 2 rings (SSSR count). The summed E-state index contributed by atoms with van der Waals surface area (Å²) in [5, 5.41) is 0. The van der Waals surface area contributed by atoms with Gasteiger partial charge in [0.15, 0.2) is 0 Å². The highest BCUT2D eigenvalue weighted by Gasteiger charge is 2.30. The number of nitrogens with zero attached hydrogens (tertiary/aromatic N) is 1. The number of ether oxygens (including phenoxy) is 1. The average molecular weight is 329 g/mol. The molecule has 23 heavy (non-hydrogen) atoms. The van der Waals surface area contributed by atoms with E-state index in [1.165, 1.54) is 12.1 Å². The van der Waals surface area contributed by atoms with E-state index in [4.69, 9.17) is 4.74 Å². The number of carbonyl (C=O) groups excluding carboxylic acids is 1. The second-order valence-electron chi connectivity index (χ2n) is 6.21. The normalized spacial score (nSPS) is 19.2. The number of likely N-dealkylation sites (tertiary alicyclic amines) is 1. The zero-order chi connectivity index (χ0) is 17.0. The number of carbonyl (C=O) groups is 1. The van der Waals surface area contributed by atoms with E-state index in [2.05, 4.69) is 0 Å². The van der Waals surface area contributed by atoms with Crippen LogP contribution in [0.15, 0.2) is 24.3 Å². The lowest BCUT2D eigenvalue weighted by Gasteiger charge is -2.33. The molecule has 1 amide bonds. The molecule has 1 saturated heterocycles. The van der Waals surface area contributed by atoms with Gasteiger partial charge in [-0.3, -0.25) is 4.79 Å². The largest absolute Gasteiger partial charge is 0.416 e. The highest BCUT2D eigenvalue weighted by molar-refractivity contribution is 5.78. The van der Waals surface area contributed by atoms with Crippen molar-refractivity contribution in [3.63, 3.8) is 0 Å².